The van der Waals surface area contributed by atoms with Crippen LogP contribution in [0, 0.1) is 6.92 Å². The number of para-hydroxylation sites is 1. The zero-order valence-corrected chi connectivity index (χ0v) is 9.69. The van der Waals surface area contributed by atoms with Crippen LogP contribution in [0.15, 0.2) is 23.1 Å². The van der Waals surface area contributed by atoms with Gasteiger partial charge in [0.05, 0.1) is 6.61 Å². The van der Waals surface area contributed by atoms with Gasteiger partial charge in [-0.05, 0) is 24.8 Å². The lowest BCUT2D eigenvalue weighted by Crippen LogP contribution is -2.05. The Kier molecular flexibility index (Phi) is 4.84. The molecule has 0 unspecified atom stereocenters. The van der Waals surface area contributed by atoms with Crippen molar-refractivity contribution in [2.24, 2.45) is 0 Å². The Hall–Kier alpha value is -0.670. The van der Waals surface area contributed by atoms with Gasteiger partial charge < -0.3 is 9.47 Å². The zero-order valence-electron chi connectivity index (χ0n) is 8.87. The minimum absolute atomic E-state index is 0.606. The largest absolute Gasteiger partial charge is 0.490 e. The number of thioether (sulfide) groups is 1. The monoisotopic (exact) mass is 212 g/mol. The van der Waals surface area contributed by atoms with Crippen molar-refractivity contribution >= 4 is 11.8 Å². The maximum absolute atomic E-state index is 5.65. The topological polar surface area (TPSA) is 18.5 Å². The first-order chi connectivity index (χ1) is 6.79. The lowest BCUT2D eigenvalue weighted by Gasteiger charge is -2.12. The Morgan fingerprint density at radius 2 is 2.07 bits per heavy atom. The molecule has 0 atom stereocenters. The van der Waals surface area contributed by atoms with E-state index in [-0.39, 0.29) is 0 Å². The lowest BCUT2D eigenvalue weighted by atomic mass is 10.2. The molecule has 0 saturated carbocycles. The second-order valence-corrected chi connectivity index (χ2v) is 3.80. The van der Waals surface area contributed by atoms with Crippen LogP contribution in [-0.4, -0.2) is 26.6 Å². The molecule has 1 rings (SSSR count). The van der Waals surface area contributed by atoms with Crippen LogP contribution in [0.4, 0.5) is 0 Å². The molecule has 0 bridgehead atoms. The maximum Gasteiger partial charge on any atom is 0.135 e. The number of methoxy groups -OCH3 is 1. The minimum Gasteiger partial charge on any atom is -0.490 e. The van der Waals surface area contributed by atoms with Crippen LogP contribution >= 0.6 is 11.8 Å². The fourth-order valence-corrected chi connectivity index (χ4v) is 1.82. The molecule has 0 spiro atoms. The second-order valence-electron chi connectivity index (χ2n) is 2.95. The van der Waals surface area contributed by atoms with E-state index in [4.69, 9.17) is 9.47 Å². The first-order valence-electron chi connectivity index (χ1n) is 4.55. The van der Waals surface area contributed by atoms with Gasteiger partial charge in [0.2, 0.25) is 0 Å². The van der Waals surface area contributed by atoms with Crippen LogP contribution in [0.5, 0.6) is 5.75 Å². The Morgan fingerprint density at radius 1 is 1.29 bits per heavy atom. The maximum atomic E-state index is 5.65. The van der Waals surface area contributed by atoms with Crippen LogP contribution in [0.2, 0.25) is 0 Å². The average Bonchev–Trinajstić information content (AvgIpc) is 2.20. The fourth-order valence-electron chi connectivity index (χ4n) is 1.20. The summed E-state index contributed by atoms with van der Waals surface area (Å²) in [5.41, 5.74) is 1.17. The van der Waals surface area contributed by atoms with E-state index in [0.717, 1.165) is 5.75 Å². The molecule has 0 aliphatic rings. The molecular formula is C11H16O2S. The van der Waals surface area contributed by atoms with Gasteiger partial charge in [0.15, 0.2) is 0 Å². The van der Waals surface area contributed by atoms with Gasteiger partial charge in [0.1, 0.15) is 12.4 Å². The van der Waals surface area contributed by atoms with E-state index in [1.165, 1.54) is 10.5 Å². The van der Waals surface area contributed by atoms with Crippen LogP contribution < -0.4 is 4.74 Å². The summed E-state index contributed by atoms with van der Waals surface area (Å²) in [4.78, 5) is 1.18. The Balaban J connectivity index is 2.72. The van der Waals surface area contributed by atoms with Crippen LogP contribution in [-0.2, 0) is 4.74 Å². The van der Waals surface area contributed by atoms with Crippen LogP contribution in [0.3, 0.4) is 0 Å². The van der Waals surface area contributed by atoms with Gasteiger partial charge in [-0.15, -0.1) is 11.8 Å². The standard InChI is InChI=1S/C11H16O2S/c1-9-5-4-6-10(14-3)11(9)13-8-7-12-2/h4-6H,7-8H2,1-3H3. The molecule has 0 N–H and O–H groups in total. The van der Waals surface area contributed by atoms with Gasteiger partial charge in [-0.2, -0.15) is 0 Å². The third-order valence-corrected chi connectivity index (χ3v) is 2.69. The van der Waals surface area contributed by atoms with E-state index in [1.807, 2.05) is 6.07 Å². The molecule has 0 fully saturated rings. The van der Waals surface area contributed by atoms with Crippen molar-refractivity contribution in [1.29, 1.82) is 0 Å². The molecule has 0 saturated heterocycles. The molecule has 0 aliphatic heterocycles. The first kappa shape index (κ1) is 11.4. The highest BCUT2D eigenvalue weighted by Gasteiger charge is 2.05. The average molecular weight is 212 g/mol. The third-order valence-electron chi connectivity index (χ3n) is 1.93. The van der Waals surface area contributed by atoms with Crippen molar-refractivity contribution in [3.8, 4) is 5.75 Å². The van der Waals surface area contributed by atoms with Crippen molar-refractivity contribution in [3.05, 3.63) is 23.8 Å². The van der Waals surface area contributed by atoms with Crippen molar-refractivity contribution < 1.29 is 9.47 Å². The number of ether oxygens (including phenoxy) is 2. The summed E-state index contributed by atoms with van der Waals surface area (Å²) in [5.74, 6) is 0.983. The van der Waals surface area contributed by atoms with E-state index in [9.17, 15) is 0 Å². The smallest absolute Gasteiger partial charge is 0.135 e. The van der Waals surface area contributed by atoms with E-state index in [0.29, 0.717) is 13.2 Å². The van der Waals surface area contributed by atoms with Crippen molar-refractivity contribution in [3.63, 3.8) is 0 Å². The molecule has 1 aromatic rings. The van der Waals surface area contributed by atoms with Gasteiger partial charge in [-0.1, -0.05) is 12.1 Å². The van der Waals surface area contributed by atoms with Crippen molar-refractivity contribution in [1.82, 2.24) is 0 Å². The van der Waals surface area contributed by atoms with Crippen molar-refractivity contribution in [2.45, 2.75) is 11.8 Å². The number of hydrogen-bond donors (Lipinski definition) is 0. The highest BCUT2D eigenvalue weighted by Crippen LogP contribution is 2.30. The third kappa shape index (κ3) is 2.93. The van der Waals surface area contributed by atoms with Gasteiger partial charge in [-0.25, -0.2) is 0 Å². The minimum atomic E-state index is 0.606. The van der Waals surface area contributed by atoms with E-state index in [2.05, 4.69) is 25.3 Å². The van der Waals surface area contributed by atoms with Crippen molar-refractivity contribution in [2.75, 3.05) is 26.6 Å². The highest BCUT2D eigenvalue weighted by molar-refractivity contribution is 7.98. The molecule has 2 nitrogen and oxygen atoms in total. The normalized spacial score (nSPS) is 10.2. The molecule has 0 amide bonds. The Morgan fingerprint density at radius 3 is 2.71 bits per heavy atom. The summed E-state index contributed by atoms with van der Waals surface area (Å²) >= 11 is 1.70. The lowest BCUT2D eigenvalue weighted by molar-refractivity contribution is 0.144. The van der Waals surface area contributed by atoms with Gasteiger partial charge in [-0.3, -0.25) is 0 Å². The summed E-state index contributed by atoms with van der Waals surface area (Å²) < 4.78 is 10.6. The molecule has 0 radical (unpaired) electrons. The summed E-state index contributed by atoms with van der Waals surface area (Å²) in [6.45, 7) is 3.29. The van der Waals surface area contributed by atoms with Gasteiger partial charge in [0, 0.05) is 12.0 Å². The Labute approximate surface area is 89.6 Å². The molecule has 1 aromatic carbocycles. The summed E-state index contributed by atoms with van der Waals surface area (Å²) in [5, 5.41) is 0. The van der Waals surface area contributed by atoms with E-state index < -0.39 is 0 Å². The molecule has 0 aromatic heterocycles. The summed E-state index contributed by atoms with van der Waals surface area (Å²) in [6, 6.07) is 6.17. The molecule has 78 valence electrons. The van der Waals surface area contributed by atoms with Gasteiger partial charge in [0.25, 0.3) is 0 Å². The highest BCUT2D eigenvalue weighted by atomic mass is 32.2. The van der Waals surface area contributed by atoms with E-state index in [1.54, 1.807) is 18.9 Å². The number of aryl methyl sites for hydroxylation is 1. The van der Waals surface area contributed by atoms with Gasteiger partial charge >= 0.3 is 0 Å². The summed E-state index contributed by atoms with van der Waals surface area (Å²) in [6.07, 6.45) is 2.05. The Bertz CT molecular complexity index is 287. The van der Waals surface area contributed by atoms with Crippen LogP contribution in [0.1, 0.15) is 5.56 Å². The summed E-state index contributed by atoms with van der Waals surface area (Å²) in [7, 11) is 1.68. The number of benzene rings is 1. The number of hydrogen-bond acceptors (Lipinski definition) is 3. The molecule has 0 heterocycles. The van der Waals surface area contributed by atoms with E-state index >= 15 is 0 Å². The zero-order chi connectivity index (χ0) is 10.4. The number of rotatable bonds is 5. The quantitative estimate of drug-likeness (QED) is 0.552. The molecule has 0 aliphatic carbocycles. The molecule has 3 heteroatoms. The fraction of sp³-hybridized carbons (Fsp3) is 0.455. The first-order valence-corrected chi connectivity index (χ1v) is 5.77. The SMILES string of the molecule is COCCOc1c(C)cccc1SC. The predicted octanol–water partition coefficient (Wildman–Crippen LogP) is 2.74. The molecule has 14 heavy (non-hydrogen) atoms. The second kappa shape index (κ2) is 5.94. The molecular weight excluding hydrogens is 196 g/mol. The van der Waals surface area contributed by atoms with Crippen LogP contribution in [0.25, 0.3) is 0 Å². The predicted molar refractivity (Wildman–Crippen MR) is 60.3 cm³/mol.